The fourth-order valence-electron chi connectivity index (χ4n) is 1.52. The molecule has 5 nitrogen and oxygen atoms in total. The lowest BCUT2D eigenvalue weighted by Crippen LogP contribution is -2.16. The number of hydrogen-bond acceptors (Lipinski definition) is 3. The van der Waals surface area contributed by atoms with Crippen LogP contribution in [0.3, 0.4) is 0 Å². The highest BCUT2D eigenvalue weighted by molar-refractivity contribution is 7.92. The van der Waals surface area contributed by atoms with Crippen molar-refractivity contribution in [2.75, 3.05) is 4.72 Å². The Bertz CT molecular complexity index is 771. The average Bonchev–Trinajstić information content (AvgIpc) is 2.73. The smallest absolute Gasteiger partial charge is 0.263 e. The molecule has 0 saturated carbocycles. The van der Waals surface area contributed by atoms with Crippen LogP contribution in [0, 0.1) is 6.92 Å². The molecule has 2 N–H and O–H groups in total. The third kappa shape index (κ3) is 3.30. The maximum atomic E-state index is 12.7. The summed E-state index contributed by atoms with van der Waals surface area (Å²) in [6.07, 6.45) is -3.30. The normalized spacial score (nSPS) is 12.4. The van der Waals surface area contributed by atoms with Crippen LogP contribution in [0.25, 0.3) is 0 Å². The molecule has 0 aliphatic carbocycles. The van der Waals surface area contributed by atoms with Crippen molar-refractivity contribution in [3.63, 3.8) is 0 Å². The Morgan fingerprint density at radius 2 is 2.00 bits per heavy atom. The SMILES string of the molecule is Cc1cn[nH]c1NS(=O)(=O)c1cc(C(F)(F)F)ccc1Cl. The first-order chi connectivity index (χ1) is 9.61. The predicted octanol–water partition coefficient (Wildman–Crippen LogP) is 3.19. The van der Waals surface area contributed by atoms with Crippen LogP contribution in [0.4, 0.5) is 19.0 Å². The quantitative estimate of drug-likeness (QED) is 0.901. The number of aromatic nitrogens is 2. The zero-order valence-electron chi connectivity index (χ0n) is 10.5. The van der Waals surface area contributed by atoms with Gasteiger partial charge in [0.05, 0.1) is 16.8 Å². The van der Waals surface area contributed by atoms with Gasteiger partial charge in [-0.1, -0.05) is 11.6 Å². The summed E-state index contributed by atoms with van der Waals surface area (Å²) in [7, 11) is -4.27. The van der Waals surface area contributed by atoms with Gasteiger partial charge in [0, 0.05) is 5.56 Å². The van der Waals surface area contributed by atoms with Crippen molar-refractivity contribution < 1.29 is 21.6 Å². The maximum Gasteiger partial charge on any atom is 0.416 e. The van der Waals surface area contributed by atoms with Gasteiger partial charge in [-0.05, 0) is 25.1 Å². The second kappa shape index (κ2) is 5.23. The molecular weight excluding hydrogens is 331 g/mol. The van der Waals surface area contributed by atoms with E-state index in [1.165, 1.54) is 6.20 Å². The van der Waals surface area contributed by atoms with Gasteiger partial charge >= 0.3 is 6.18 Å². The minimum absolute atomic E-state index is 0.0588. The molecule has 1 aromatic heterocycles. The minimum atomic E-state index is -4.67. The van der Waals surface area contributed by atoms with E-state index < -0.39 is 26.7 Å². The maximum absolute atomic E-state index is 12.7. The average molecular weight is 340 g/mol. The summed E-state index contributed by atoms with van der Waals surface area (Å²) in [4.78, 5) is -0.659. The summed E-state index contributed by atoms with van der Waals surface area (Å²) in [5.41, 5.74) is -0.615. The fourth-order valence-corrected chi connectivity index (χ4v) is 3.14. The minimum Gasteiger partial charge on any atom is -0.263 e. The first-order valence-electron chi connectivity index (χ1n) is 5.51. The van der Waals surface area contributed by atoms with Gasteiger partial charge in [-0.3, -0.25) is 9.82 Å². The third-order valence-electron chi connectivity index (χ3n) is 2.61. The molecule has 0 amide bonds. The zero-order valence-corrected chi connectivity index (χ0v) is 12.1. The molecule has 10 heteroatoms. The number of H-pyrrole nitrogens is 1. The number of aryl methyl sites for hydroxylation is 1. The number of aromatic amines is 1. The van der Waals surface area contributed by atoms with Crippen LogP contribution in [0.1, 0.15) is 11.1 Å². The number of nitrogens with zero attached hydrogens (tertiary/aromatic N) is 1. The summed E-state index contributed by atoms with van der Waals surface area (Å²) in [5.74, 6) is 0.0588. The van der Waals surface area contributed by atoms with Crippen LogP contribution >= 0.6 is 11.6 Å². The number of hydrogen-bond donors (Lipinski definition) is 2. The molecule has 0 aliphatic rings. The third-order valence-corrected chi connectivity index (χ3v) is 4.44. The van der Waals surface area contributed by atoms with E-state index in [0.29, 0.717) is 17.7 Å². The van der Waals surface area contributed by atoms with Crippen molar-refractivity contribution in [2.24, 2.45) is 0 Å². The van der Waals surface area contributed by atoms with E-state index in [2.05, 4.69) is 14.9 Å². The van der Waals surface area contributed by atoms with Crippen molar-refractivity contribution in [3.8, 4) is 0 Å². The Morgan fingerprint density at radius 3 is 2.52 bits per heavy atom. The molecule has 114 valence electrons. The van der Waals surface area contributed by atoms with Crippen LogP contribution in [-0.4, -0.2) is 18.6 Å². The molecule has 1 heterocycles. The van der Waals surface area contributed by atoms with Crippen LogP contribution in [-0.2, 0) is 16.2 Å². The van der Waals surface area contributed by atoms with Crippen molar-refractivity contribution >= 4 is 27.4 Å². The van der Waals surface area contributed by atoms with Crippen molar-refractivity contribution in [2.45, 2.75) is 18.0 Å². The number of nitrogens with one attached hydrogen (secondary N) is 2. The standard InChI is InChI=1S/C11H9ClF3N3O2S/c1-6-5-16-17-10(6)18-21(19,20)9-4-7(11(13,14)15)2-3-8(9)12/h2-5H,1H3,(H2,16,17,18). The highest BCUT2D eigenvalue weighted by Crippen LogP contribution is 2.33. The number of anilines is 1. The van der Waals surface area contributed by atoms with Gasteiger partial charge in [-0.25, -0.2) is 8.42 Å². The summed E-state index contributed by atoms with van der Waals surface area (Å²) >= 11 is 5.70. The zero-order chi connectivity index (χ0) is 15.8. The lowest BCUT2D eigenvalue weighted by molar-refractivity contribution is -0.137. The van der Waals surface area contributed by atoms with E-state index in [1.54, 1.807) is 6.92 Å². The molecule has 0 atom stereocenters. The van der Waals surface area contributed by atoms with Gasteiger partial charge in [0.2, 0.25) is 0 Å². The Labute approximate surface area is 123 Å². The second-order valence-electron chi connectivity index (χ2n) is 4.18. The molecule has 0 fully saturated rings. The topological polar surface area (TPSA) is 74.8 Å². The Hall–Kier alpha value is -1.74. The highest BCUT2D eigenvalue weighted by atomic mass is 35.5. The van der Waals surface area contributed by atoms with Crippen LogP contribution < -0.4 is 4.72 Å². The largest absolute Gasteiger partial charge is 0.416 e. The van der Waals surface area contributed by atoms with Gasteiger partial charge in [0.1, 0.15) is 10.7 Å². The molecule has 0 unspecified atom stereocenters. The molecule has 0 spiro atoms. The van der Waals surface area contributed by atoms with Gasteiger partial charge in [-0.2, -0.15) is 18.3 Å². The monoisotopic (exact) mass is 339 g/mol. The lowest BCUT2D eigenvalue weighted by Gasteiger charge is -2.12. The first-order valence-corrected chi connectivity index (χ1v) is 7.37. The van der Waals surface area contributed by atoms with Crippen molar-refractivity contribution in [1.29, 1.82) is 0 Å². The van der Waals surface area contributed by atoms with Crippen molar-refractivity contribution in [3.05, 3.63) is 40.5 Å². The van der Waals surface area contributed by atoms with E-state index in [0.717, 1.165) is 6.07 Å². The molecule has 2 rings (SSSR count). The molecule has 2 aromatic rings. The van der Waals surface area contributed by atoms with Gasteiger partial charge in [-0.15, -0.1) is 0 Å². The molecular formula is C11H9ClF3N3O2S. The Balaban J connectivity index is 2.47. The summed E-state index contributed by atoms with van der Waals surface area (Å²) < 4.78 is 64.4. The second-order valence-corrected chi connectivity index (χ2v) is 6.23. The van der Waals surface area contributed by atoms with Crippen LogP contribution in [0.5, 0.6) is 0 Å². The van der Waals surface area contributed by atoms with E-state index in [4.69, 9.17) is 11.6 Å². The van der Waals surface area contributed by atoms with E-state index in [9.17, 15) is 21.6 Å². The fraction of sp³-hybridized carbons (Fsp3) is 0.182. The number of rotatable bonds is 3. The predicted molar refractivity (Wildman–Crippen MR) is 70.6 cm³/mol. The molecule has 0 bridgehead atoms. The number of sulfonamides is 1. The number of halogens is 4. The number of benzene rings is 1. The van der Waals surface area contributed by atoms with Crippen LogP contribution in [0.2, 0.25) is 5.02 Å². The molecule has 0 saturated heterocycles. The molecule has 0 radical (unpaired) electrons. The summed E-state index contributed by atoms with van der Waals surface area (Å²) in [5, 5.41) is 5.69. The Morgan fingerprint density at radius 1 is 1.33 bits per heavy atom. The van der Waals surface area contributed by atoms with E-state index >= 15 is 0 Å². The first kappa shape index (κ1) is 15.6. The van der Waals surface area contributed by atoms with Crippen molar-refractivity contribution in [1.82, 2.24) is 10.2 Å². The lowest BCUT2D eigenvalue weighted by atomic mass is 10.2. The summed E-state index contributed by atoms with van der Waals surface area (Å²) in [6.45, 7) is 1.58. The van der Waals surface area contributed by atoms with Crippen LogP contribution in [0.15, 0.2) is 29.3 Å². The molecule has 1 aromatic carbocycles. The number of alkyl halides is 3. The Kier molecular flexibility index (Phi) is 3.89. The van der Waals surface area contributed by atoms with Gasteiger partial charge in [0.25, 0.3) is 10.0 Å². The van der Waals surface area contributed by atoms with E-state index in [1.807, 2.05) is 0 Å². The highest BCUT2D eigenvalue weighted by Gasteiger charge is 2.32. The molecule has 0 aliphatic heterocycles. The molecule has 21 heavy (non-hydrogen) atoms. The van der Waals surface area contributed by atoms with Gasteiger partial charge in [0.15, 0.2) is 0 Å². The summed E-state index contributed by atoms with van der Waals surface area (Å²) in [6, 6.07) is 2.08. The van der Waals surface area contributed by atoms with Gasteiger partial charge < -0.3 is 0 Å². The van der Waals surface area contributed by atoms with E-state index in [-0.39, 0.29) is 10.8 Å².